The second-order valence-electron chi connectivity index (χ2n) is 34.4. The second-order valence-corrected chi connectivity index (χ2v) is 55.9. The minimum atomic E-state index is -2.59. The zero-order valence-electron chi connectivity index (χ0n) is 69.8. The number of nitro groups is 4. The van der Waals surface area contributed by atoms with Crippen LogP contribution in [0.1, 0.15) is 297 Å². The summed E-state index contributed by atoms with van der Waals surface area (Å²) in [7, 11) is 0. The molecule has 18 nitrogen and oxygen atoms in total. The third-order valence-corrected chi connectivity index (χ3v) is 48.6. The third kappa shape index (κ3) is 23.4. The van der Waals surface area contributed by atoms with E-state index in [4.69, 9.17) is 9.47 Å². The molecule has 0 spiro atoms. The molecular formula is C85H124Br2N8O10S6Sn. The molecule has 0 saturated heterocycles. The zero-order valence-corrected chi connectivity index (χ0v) is 80.7. The number of rotatable bonds is 43. The Kier molecular flexibility index (Phi) is 35.8. The molecule has 0 radical (unpaired) electrons. The summed E-state index contributed by atoms with van der Waals surface area (Å²) in [6.45, 7) is 41.5. The Morgan fingerprint density at radius 3 is 1.10 bits per heavy atom. The Hall–Kier alpha value is -4.16. The molecule has 0 amide bonds. The van der Waals surface area contributed by atoms with E-state index in [1.165, 1.54) is 175 Å². The minimum Gasteiger partial charge on any atom is -0.481 e. The van der Waals surface area contributed by atoms with Gasteiger partial charge in [-0.1, -0.05) is 80.1 Å². The number of aromatic nitrogens is 4. The normalized spacial score (nSPS) is 16.3. The maximum absolute atomic E-state index is 12.7. The van der Waals surface area contributed by atoms with Gasteiger partial charge in [0.15, 0.2) is 0 Å². The van der Waals surface area contributed by atoms with Crippen molar-refractivity contribution in [1.29, 1.82) is 0 Å². The van der Waals surface area contributed by atoms with Gasteiger partial charge in [-0.05, 0) is 107 Å². The Balaban J connectivity index is 0.000000232. The van der Waals surface area contributed by atoms with Crippen LogP contribution in [0.25, 0.3) is 52.0 Å². The van der Waals surface area contributed by atoms with Crippen molar-refractivity contribution < 1.29 is 29.2 Å². The first-order valence-corrected chi connectivity index (χ1v) is 55.3. The van der Waals surface area contributed by atoms with E-state index in [2.05, 4.69) is 197 Å². The van der Waals surface area contributed by atoms with Gasteiger partial charge in [0, 0.05) is 15.3 Å². The molecule has 112 heavy (non-hydrogen) atoms. The molecule has 0 bridgehead atoms. The number of benzene rings is 2. The van der Waals surface area contributed by atoms with E-state index in [1.54, 1.807) is 35.1 Å². The van der Waals surface area contributed by atoms with E-state index < -0.39 is 66.4 Å². The molecule has 8 heterocycles. The molecule has 0 saturated carbocycles. The van der Waals surface area contributed by atoms with Gasteiger partial charge in [0.25, 0.3) is 0 Å². The van der Waals surface area contributed by atoms with E-state index in [0.717, 1.165) is 98.8 Å². The smallest absolute Gasteiger partial charge is 0.481 e. The number of unbranched alkanes of at least 4 members (excludes halogenated alkanes) is 3. The summed E-state index contributed by atoms with van der Waals surface area (Å²) in [5.41, 5.74) is 1.03. The number of fused-ring (bicyclic) bond motifs is 8. The standard InChI is InChI=1S/C37H50N4O5S3.C30H47OS2.C6Br2N4O4S.3C4H9.Sn/c1-21(2)11-9-13-23(5)15-17-37(18-16-24(6)14-10-12-22(3)4)27-20-29(48-35(27)36-28(46-37)19-25(7)47-36)30-32-31(38-49-39-32)26(8)33(40(42)43)34(30)41(44)45;1-21(2)10-8-12-23(5)14-17-30(18-15-24(6)13-9-11-22(3)4)26-16-19-32-28(26)29-27(31-30)20-25(7)33-29;7-1-3-4(10-17-9-3)2(8)6(12(15)16)5(1)11(13)14;3*1-3-4-2;/h19-24H,9-18H2,1-8H3;16,20-24H,8-15,17-18H2,1-7H3;;3*1,3-4H2,2H3;. The fourth-order valence-electron chi connectivity index (χ4n) is 16.4. The van der Waals surface area contributed by atoms with Gasteiger partial charge < -0.3 is 4.74 Å². The second kappa shape index (κ2) is 43.0. The van der Waals surface area contributed by atoms with Crippen LogP contribution in [-0.2, 0) is 11.2 Å². The first-order chi connectivity index (χ1) is 53.2. The summed E-state index contributed by atoms with van der Waals surface area (Å²) in [6.07, 6.45) is 32.2. The van der Waals surface area contributed by atoms with Crippen molar-refractivity contribution in [1.82, 2.24) is 17.5 Å². The molecule has 2 aliphatic heterocycles. The van der Waals surface area contributed by atoms with Crippen molar-refractivity contribution in [3.63, 3.8) is 0 Å². The van der Waals surface area contributed by atoms with Gasteiger partial charge in [-0.2, -0.15) is 17.5 Å². The van der Waals surface area contributed by atoms with E-state index in [1.807, 2.05) is 20.3 Å². The van der Waals surface area contributed by atoms with Crippen molar-refractivity contribution in [3.8, 4) is 41.4 Å². The van der Waals surface area contributed by atoms with Crippen molar-refractivity contribution in [2.45, 2.75) is 316 Å². The molecular weight excluding hydrogens is 1760 g/mol. The molecule has 8 aromatic rings. The SMILES string of the molecule is CCC[CH2][Sn]([CH2]CCC)([CH2]CCC)[c]1cc2c(s1)-c1sc(C)cc1OC2(CCC(C)CCCC(C)C)CCC(C)CCCC(C)C.Cc1cc2c(s1)-c1sc(-c3c([N+](=O)[O-])c([N+](=O)[O-])c(C)c4nsnc34)cc1C(CCC(C)CCCC(C)C)(CCC(C)CCCC(C)C)O2.O=[N+]([O-])c1c([N+](=O)[O-])c(Br)c2nsnc2c1Br. The average molecular weight is 1890 g/mol. The minimum absolute atomic E-state index is 0.0406. The molecule has 0 N–H and O–H groups in total. The summed E-state index contributed by atoms with van der Waals surface area (Å²) in [4.78, 5) is 52.1. The summed E-state index contributed by atoms with van der Waals surface area (Å²) < 4.78 is 37.6. The van der Waals surface area contributed by atoms with Crippen LogP contribution in [0.3, 0.4) is 0 Å². The first kappa shape index (κ1) is 93.3. The van der Waals surface area contributed by atoms with E-state index in [-0.39, 0.29) is 36.7 Å². The maximum atomic E-state index is 12.7. The van der Waals surface area contributed by atoms with Gasteiger partial charge >= 0.3 is 324 Å². The van der Waals surface area contributed by atoms with Crippen LogP contribution in [0.4, 0.5) is 22.7 Å². The van der Waals surface area contributed by atoms with Crippen LogP contribution >= 0.6 is 101 Å². The fraction of sp³-hybridized carbons (Fsp3) is 0.671. The summed E-state index contributed by atoms with van der Waals surface area (Å²) >= 11 is 12.5. The molecule has 2 aliphatic rings. The monoisotopic (exact) mass is 1890 g/mol. The van der Waals surface area contributed by atoms with Crippen LogP contribution in [0.2, 0.25) is 13.3 Å². The van der Waals surface area contributed by atoms with Crippen molar-refractivity contribution in [2.75, 3.05) is 0 Å². The number of halogens is 2. The van der Waals surface area contributed by atoms with Gasteiger partial charge in [-0.3, -0.25) is 40.5 Å². The molecule has 0 fully saturated rings. The van der Waals surface area contributed by atoms with E-state index in [9.17, 15) is 40.5 Å². The topological polar surface area (TPSA) is 243 Å². The number of nitro benzene ring substituents is 4. The molecule has 4 atom stereocenters. The van der Waals surface area contributed by atoms with Crippen LogP contribution < -0.4 is 12.4 Å². The number of hydrogen-bond donors (Lipinski definition) is 0. The molecule has 618 valence electrons. The van der Waals surface area contributed by atoms with Crippen molar-refractivity contribution >= 4 is 167 Å². The summed E-state index contributed by atoms with van der Waals surface area (Å²) in [6, 6.07) is 9.38. The zero-order chi connectivity index (χ0) is 82.1. The van der Waals surface area contributed by atoms with Gasteiger partial charge in [0.1, 0.15) is 47.9 Å². The van der Waals surface area contributed by atoms with Gasteiger partial charge in [-0.15, -0.1) is 22.7 Å². The van der Waals surface area contributed by atoms with Crippen LogP contribution in [0.5, 0.6) is 11.5 Å². The van der Waals surface area contributed by atoms with E-state index in [0.29, 0.717) is 39.6 Å². The number of hydrogen-bond acceptors (Lipinski definition) is 20. The Labute approximate surface area is 711 Å². The van der Waals surface area contributed by atoms with Crippen LogP contribution in [-0.4, -0.2) is 55.6 Å². The molecule has 2 aromatic carbocycles. The Morgan fingerprint density at radius 1 is 0.411 bits per heavy atom. The Bertz CT molecular complexity index is 4320. The number of nitrogens with zero attached hydrogens (tertiary/aromatic N) is 8. The predicted molar refractivity (Wildman–Crippen MR) is 483 cm³/mol. The van der Waals surface area contributed by atoms with Gasteiger partial charge in [0.2, 0.25) is 0 Å². The van der Waals surface area contributed by atoms with Crippen molar-refractivity contribution in [3.05, 3.63) is 100 Å². The first-order valence-electron chi connectivity index (χ1n) is 41.5. The number of aryl methyl sites for hydroxylation is 3. The quantitative estimate of drug-likeness (QED) is 0.0196. The van der Waals surface area contributed by atoms with Gasteiger partial charge in [0.05, 0.1) is 58.5 Å². The van der Waals surface area contributed by atoms with Crippen LogP contribution in [0, 0.1) is 109 Å². The fourth-order valence-corrected chi connectivity index (χ4v) is 42.9. The average Bonchev–Trinajstić information content (AvgIpc) is 1.56. The number of ether oxygens (including phenoxy) is 2. The molecule has 6 aromatic heterocycles. The predicted octanol–water partition coefficient (Wildman–Crippen LogP) is 30.6. The molecule has 10 rings (SSSR count). The molecule has 4 unspecified atom stereocenters. The molecule has 0 aliphatic carbocycles. The van der Waals surface area contributed by atoms with Crippen LogP contribution in [0.15, 0.2) is 33.2 Å². The third-order valence-electron chi connectivity index (χ3n) is 23.2. The van der Waals surface area contributed by atoms with E-state index >= 15 is 0 Å². The summed E-state index contributed by atoms with van der Waals surface area (Å²) in [5.74, 6) is 7.63. The number of thiophene rings is 4. The molecule has 27 heteroatoms. The van der Waals surface area contributed by atoms with Gasteiger partial charge in [-0.25, -0.2) is 0 Å². The van der Waals surface area contributed by atoms with Crippen molar-refractivity contribution in [2.24, 2.45) is 47.3 Å². The Morgan fingerprint density at radius 2 is 0.750 bits per heavy atom. The summed E-state index contributed by atoms with van der Waals surface area (Å²) in [5, 5.41) is 46.7.